The average Bonchev–Trinajstić information content (AvgIpc) is 2.54. The molecule has 1 heterocycles. The van der Waals surface area contributed by atoms with Crippen molar-refractivity contribution < 1.29 is 14.4 Å². The van der Waals surface area contributed by atoms with Gasteiger partial charge in [-0.15, -0.1) is 0 Å². The molecule has 1 unspecified atom stereocenters. The molecule has 0 spiro atoms. The lowest BCUT2D eigenvalue weighted by molar-refractivity contribution is -0.135. The Morgan fingerprint density at radius 3 is 2.56 bits per heavy atom. The van der Waals surface area contributed by atoms with Crippen molar-refractivity contribution >= 4 is 28.5 Å². The van der Waals surface area contributed by atoms with Crippen molar-refractivity contribution in [3.8, 4) is 0 Å². The molecule has 1 atom stereocenters. The van der Waals surface area contributed by atoms with Crippen LogP contribution in [0.2, 0.25) is 0 Å². The van der Waals surface area contributed by atoms with Gasteiger partial charge in [-0.1, -0.05) is 30.3 Å². The van der Waals surface area contributed by atoms with Crippen LogP contribution in [0.15, 0.2) is 30.3 Å². The summed E-state index contributed by atoms with van der Waals surface area (Å²) in [5.41, 5.74) is 7.13. The summed E-state index contributed by atoms with van der Waals surface area (Å²) < 4.78 is 0. The number of rotatable bonds is 4. The number of amides is 3. The predicted molar refractivity (Wildman–Crippen MR) is 95.2 cm³/mol. The van der Waals surface area contributed by atoms with Gasteiger partial charge in [-0.05, 0) is 42.9 Å². The molecule has 0 bridgehead atoms. The maximum Gasteiger partial charge on any atom is 0.261 e. The lowest BCUT2D eigenvalue weighted by atomic mass is 9.82. The minimum Gasteiger partial charge on any atom is -0.369 e. The maximum atomic E-state index is 13.1. The van der Waals surface area contributed by atoms with Gasteiger partial charge in [-0.3, -0.25) is 19.3 Å². The second kappa shape index (κ2) is 6.29. The van der Waals surface area contributed by atoms with Crippen molar-refractivity contribution in [2.24, 2.45) is 5.73 Å². The van der Waals surface area contributed by atoms with Crippen LogP contribution in [0.3, 0.4) is 0 Å². The van der Waals surface area contributed by atoms with Gasteiger partial charge in [0.25, 0.3) is 5.91 Å². The topological polar surface area (TPSA) is 83.7 Å². The molecule has 2 aromatic carbocycles. The third-order valence-corrected chi connectivity index (χ3v) is 4.61. The van der Waals surface area contributed by atoms with Gasteiger partial charge in [0, 0.05) is 13.1 Å². The van der Waals surface area contributed by atoms with E-state index in [1.165, 1.54) is 0 Å². The van der Waals surface area contributed by atoms with E-state index in [2.05, 4.69) is 0 Å². The number of benzene rings is 2. The Morgan fingerprint density at radius 2 is 1.92 bits per heavy atom. The molecule has 1 aliphatic heterocycles. The van der Waals surface area contributed by atoms with Gasteiger partial charge in [-0.2, -0.15) is 0 Å². The van der Waals surface area contributed by atoms with Crippen LogP contribution in [0.5, 0.6) is 0 Å². The lowest BCUT2D eigenvalue weighted by Gasteiger charge is -2.33. The molecule has 0 radical (unpaired) electrons. The van der Waals surface area contributed by atoms with Crippen LogP contribution in [-0.2, 0) is 9.59 Å². The van der Waals surface area contributed by atoms with Crippen molar-refractivity contribution in [3.63, 3.8) is 0 Å². The molecule has 3 rings (SSSR count). The highest BCUT2D eigenvalue weighted by atomic mass is 16.2. The lowest BCUT2D eigenvalue weighted by Crippen LogP contribution is -2.50. The normalized spacial score (nSPS) is 17.3. The number of hydrogen-bond donors (Lipinski definition) is 1. The van der Waals surface area contributed by atoms with E-state index in [4.69, 9.17) is 5.73 Å². The van der Waals surface area contributed by atoms with E-state index < -0.39 is 17.7 Å². The largest absolute Gasteiger partial charge is 0.369 e. The highest BCUT2D eigenvalue weighted by molar-refractivity contribution is 6.23. The van der Waals surface area contributed by atoms with E-state index in [0.29, 0.717) is 17.7 Å². The first-order valence-corrected chi connectivity index (χ1v) is 8.15. The van der Waals surface area contributed by atoms with Gasteiger partial charge in [0.15, 0.2) is 0 Å². The first-order chi connectivity index (χ1) is 11.8. The Bertz CT molecular complexity index is 889. The number of likely N-dealkylation sites (N-methyl/N-ethyl adjacent to an activating group) is 1. The van der Waals surface area contributed by atoms with E-state index in [-0.39, 0.29) is 12.5 Å². The van der Waals surface area contributed by atoms with Crippen molar-refractivity contribution in [2.45, 2.75) is 12.8 Å². The SMILES string of the molecule is Cc1cc2ccccc2c2c1C(C(N)=O)C(=O)N(CCN(C)C)C2=O. The van der Waals surface area contributed by atoms with Crippen molar-refractivity contribution in [1.82, 2.24) is 9.80 Å². The number of nitrogens with zero attached hydrogens (tertiary/aromatic N) is 2. The Morgan fingerprint density at radius 1 is 1.24 bits per heavy atom. The number of imide groups is 1. The molecule has 130 valence electrons. The van der Waals surface area contributed by atoms with E-state index in [9.17, 15) is 14.4 Å². The molecule has 0 fully saturated rings. The molecule has 25 heavy (non-hydrogen) atoms. The summed E-state index contributed by atoms with van der Waals surface area (Å²) in [7, 11) is 3.72. The molecule has 0 aliphatic carbocycles. The summed E-state index contributed by atoms with van der Waals surface area (Å²) in [6.45, 7) is 2.54. The summed E-state index contributed by atoms with van der Waals surface area (Å²) in [4.78, 5) is 41.0. The van der Waals surface area contributed by atoms with Crippen LogP contribution in [0.25, 0.3) is 10.8 Å². The summed E-state index contributed by atoms with van der Waals surface area (Å²) >= 11 is 0. The molecule has 0 aromatic heterocycles. The number of carbonyl (C=O) groups is 3. The minimum atomic E-state index is -1.13. The van der Waals surface area contributed by atoms with Gasteiger partial charge in [0.2, 0.25) is 11.8 Å². The average molecular weight is 339 g/mol. The molecule has 6 nitrogen and oxygen atoms in total. The van der Waals surface area contributed by atoms with E-state index in [0.717, 1.165) is 21.2 Å². The molecular weight excluding hydrogens is 318 g/mol. The van der Waals surface area contributed by atoms with Gasteiger partial charge < -0.3 is 10.6 Å². The maximum absolute atomic E-state index is 13.1. The van der Waals surface area contributed by atoms with Crippen LogP contribution in [0.4, 0.5) is 0 Å². The Labute approximate surface area is 146 Å². The predicted octanol–water partition coefficient (Wildman–Crippen LogP) is 1.26. The number of primary amides is 1. The fourth-order valence-electron chi connectivity index (χ4n) is 3.40. The highest BCUT2D eigenvalue weighted by Gasteiger charge is 2.43. The number of carbonyl (C=O) groups excluding carboxylic acids is 3. The zero-order valence-corrected chi connectivity index (χ0v) is 14.6. The van der Waals surface area contributed by atoms with E-state index >= 15 is 0 Å². The standard InChI is InChI=1S/C19H21N3O3/c1-11-10-12-6-4-5-7-13(12)15-14(11)16(17(20)23)19(25)22(18(15)24)9-8-21(2)3/h4-7,10,16H,8-9H2,1-3H3,(H2,20,23). The van der Waals surface area contributed by atoms with Crippen molar-refractivity contribution in [2.75, 3.05) is 27.2 Å². The molecule has 2 N–H and O–H groups in total. The van der Waals surface area contributed by atoms with Crippen LogP contribution in [-0.4, -0.2) is 54.7 Å². The molecule has 3 amide bonds. The third kappa shape index (κ3) is 2.78. The van der Waals surface area contributed by atoms with Gasteiger partial charge in [-0.25, -0.2) is 0 Å². The Hall–Kier alpha value is -2.73. The zero-order valence-electron chi connectivity index (χ0n) is 14.6. The molecule has 1 aliphatic rings. The number of fused-ring (bicyclic) bond motifs is 3. The monoisotopic (exact) mass is 339 g/mol. The van der Waals surface area contributed by atoms with E-state index in [1.807, 2.05) is 49.3 Å². The smallest absolute Gasteiger partial charge is 0.261 e. The number of aryl methyl sites for hydroxylation is 1. The van der Waals surface area contributed by atoms with E-state index in [1.54, 1.807) is 6.92 Å². The second-order valence-electron chi connectivity index (χ2n) is 6.64. The summed E-state index contributed by atoms with van der Waals surface area (Å²) in [5, 5.41) is 1.64. The van der Waals surface area contributed by atoms with Crippen LogP contribution < -0.4 is 5.73 Å². The molecule has 6 heteroatoms. The van der Waals surface area contributed by atoms with Crippen molar-refractivity contribution in [3.05, 3.63) is 47.0 Å². The van der Waals surface area contributed by atoms with Gasteiger partial charge in [0.1, 0.15) is 5.92 Å². The zero-order chi connectivity index (χ0) is 18.3. The van der Waals surface area contributed by atoms with Gasteiger partial charge in [0.05, 0.1) is 5.56 Å². The quantitative estimate of drug-likeness (QED) is 0.671. The Balaban J connectivity index is 2.26. The first-order valence-electron chi connectivity index (χ1n) is 8.15. The molecular formula is C19H21N3O3. The minimum absolute atomic E-state index is 0.218. The highest BCUT2D eigenvalue weighted by Crippen LogP contribution is 2.36. The molecule has 2 aromatic rings. The number of hydrogen-bond acceptors (Lipinski definition) is 4. The second-order valence-corrected chi connectivity index (χ2v) is 6.64. The fourth-order valence-corrected chi connectivity index (χ4v) is 3.40. The van der Waals surface area contributed by atoms with Crippen LogP contribution in [0, 0.1) is 6.92 Å². The summed E-state index contributed by atoms with van der Waals surface area (Å²) in [5.74, 6) is -2.75. The first kappa shape index (κ1) is 17.1. The molecule has 0 saturated carbocycles. The van der Waals surface area contributed by atoms with Crippen LogP contribution >= 0.6 is 0 Å². The van der Waals surface area contributed by atoms with Gasteiger partial charge >= 0.3 is 0 Å². The third-order valence-electron chi connectivity index (χ3n) is 4.61. The Kier molecular flexibility index (Phi) is 4.30. The fraction of sp³-hybridized carbons (Fsp3) is 0.316. The molecule has 0 saturated heterocycles. The van der Waals surface area contributed by atoms with Crippen molar-refractivity contribution in [1.29, 1.82) is 0 Å². The summed E-state index contributed by atoms with van der Waals surface area (Å²) in [6, 6.07) is 9.37. The number of nitrogens with two attached hydrogens (primary N) is 1. The van der Waals surface area contributed by atoms with Crippen LogP contribution in [0.1, 0.15) is 27.4 Å². The summed E-state index contributed by atoms with van der Waals surface area (Å²) in [6.07, 6.45) is 0.